The maximum atomic E-state index is 11.9. The van der Waals surface area contributed by atoms with Crippen LogP contribution in [0.2, 0.25) is 18.1 Å². The smallest absolute Gasteiger partial charge is 0.331 e. The van der Waals surface area contributed by atoms with Gasteiger partial charge in [-0.15, -0.1) is 0 Å². The van der Waals surface area contributed by atoms with Crippen molar-refractivity contribution in [3.05, 3.63) is 42.5 Å². The molecule has 0 bridgehead atoms. The molecule has 2 fully saturated rings. The first-order valence-corrected chi connectivity index (χ1v) is 18.6. The monoisotopic (exact) mass is 590 g/mol. The van der Waals surface area contributed by atoms with Crippen LogP contribution in [0.3, 0.4) is 0 Å². The Morgan fingerprint density at radius 3 is 2.54 bits per heavy atom. The van der Waals surface area contributed by atoms with Crippen LogP contribution >= 0.6 is 0 Å². The number of aliphatic carboxylic acids is 1. The van der Waals surface area contributed by atoms with Crippen LogP contribution in [-0.4, -0.2) is 62.3 Å². The number of hydrogen-bond acceptors (Lipinski definition) is 6. The molecule has 0 amide bonds. The van der Waals surface area contributed by atoms with Crippen LogP contribution in [0.15, 0.2) is 42.5 Å². The minimum absolute atomic E-state index is 0.0177. The second-order valence-corrected chi connectivity index (χ2v) is 18.0. The van der Waals surface area contributed by atoms with Gasteiger partial charge in [-0.05, 0) is 99.9 Å². The third-order valence-electron chi connectivity index (χ3n) is 9.09. The van der Waals surface area contributed by atoms with Gasteiger partial charge in [0.05, 0.1) is 18.8 Å². The Bertz CT molecular complexity index is 923. The zero-order chi connectivity index (χ0) is 29.9. The number of aliphatic hydroxyl groups excluding tert-OH is 1. The van der Waals surface area contributed by atoms with E-state index in [1.807, 2.05) is 30.3 Å². The molecule has 2 N–H and O–H groups in total. The summed E-state index contributed by atoms with van der Waals surface area (Å²) in [5, 5.41) is 20.8. The summed E-state index contributed by atoms with van der Waals surface area (Å²) >= 11 is 0. The maximum absolute atomic E-state index is 11.9. The van der Waals surface area contributed by atoms with Crippen LogP contribution in [0.25, 0.3) is 0 Å². The van der Waals surface area contributed by atoms with E-state index in [4.69, 9.17) is 18.6 Å². The number of aliphatic hydroxyl groups is 1. The van der Waals surface area contributed by atoms with Crippen molar-refractivity contribution in [2.24, 2.45) is 11.8 Å². The first kappa shape index (κ1) is 33.8. The van der Waals surface area contributed by atoms with Crippen molar-refractivity contribution in [2.45, 2.75) is 128 Å². The summed E-state index contributed by atoms with van der Waals surface area (Å²) in [5.74, 6) is 0.345. The van der Waals surface area contributed by atoms with E-state index in [0.29, 0.717) is 25.9 Å². The van der Waals surface area contributed by atoms with Crippen molar-refractivity contribution in [3.8, 4) is 5.75 Å². The number of carboxylic acid groups (broad SMARTS) is 1. The maximum Gasteiger partial charge on any atom is 0.331 e. The molecule has 1 aromatic rings. The standard InChI is InChI=1S/C33H54O7Si/c1-33(2,3)41(4,5)40-29(32(35)36)20-11-7-10-18-26-27(19-12-14-22-37-25-16-8-6-9-17-25)30(24-28(26)34)39-31-21-13-15-23-38-31/h6-10,16-17,26-31,34H,11-15,18-24H2,1-5H3,(H,35,36)/t26-,27-,28+,29?,30?,31?/m1/s1. The molecule has 3 unspecified atom stereocenters. The predicted octanol–water partition coefficient (Wildman–Crippen LogP) is 7.35. The van der Waals surface area contributed by atoms with Crippen molar-refractivity contribution in [1.82, 2.24) is 0 Å². The summed E-state index contributed by atoms with van der Waals surface area (Å²) in [6.07, 6.45) is 11.2. The third kappa shape index (κ3) is 10.8. The number of ether oxygens (including phenoxy) is 3. The lowest BCUT2D eigenvalue weighted by Gasteiger charge is -2.38. The van der Waals surface area contributed by atoms with E-state index in [2.05, 4.69) is 46.0 Å². The van der Waals surface area contributed by atoms with E-state index in [1.54, 1.807) is 0 Å². The van der Waals surface area contributed by atoms with Gasteiger partial charge in [0.2, 0.25) is 0 Å². The summed E-state index contributed by atoms with van der Waals surface area (Å²) in [6.45, 7) is 11.9. The van der Waals surface area contributed by atoms with Crippen LogP contribution in [0.5, 0.6) is 5.75 Å². The van der Waals surface area contributed by atoms with Crippen LogP contribution in [0.1, 0.15) is 85.0 Å². The number of carboxylic acids is 1. The van der Waals surface area contributed by atoms with Crippen molar-refractivity contribution < 1.29 is 33.6 Å². The lowest BCUT2D eigenvalue weighted by atomic mass is 9.86. The Morgan fingerprint density at radius 1 is 1.12 bits per heavy atom. The fraction of sp³-hybridized carbons (Fsp3) is 0.727. The molecule has 2 aliphatic rings. The molecule has 1 saturated carbocycles. The van der Waals surface area contributed by atoms with Gasteiger partial charge < -0.3 is 28.8 Å². The zero-order valence-electron chi connectivity index (χ0n) is 25.9. The fourth-order valence-electron chi connectivity index (χ4n) is 5.62. The molecule has 41 heavy (non-hydrogen) atoms. The summed E-state index contributed by atoms with van der Waals surface area (Å²) in [5.41, 5.74) is 0. The first-order valence-electron chi connectivity index (χ1n) is 15.7. The molecule has 3 rings (SSSR count). The number of hydrogen-bond donors (Lipinski definition) is 2. The summed E-state index contributed by atoms with van der Waals surface area (Å²) in [4.78, 5) is 11.9. The third-order valence-corrected chi connectivity index (χ3v) is 13.6. The van der Waals surface area contributed by atoms with E-state index in [1.165, 1.54) is 0 Å². The second kappa shape index (κ2) is 16.2. The molecule has 1 heterocycles. The quantitative estimate of drug-likeness (QED) is 0.118. The highest BCUT2D eigenvalue weighted by Gasteiger charge is 2.43. The first-order chi connectivity index (χ1) is 19.5. The molecule has 0 spiro atoms. The Labute approximate surface area is 248 Å². The van der Waals surface area contributed by atoms with Gasteiger partial charge >= 0.3 is 5.97 Å². The number of carbonyl (C=O) groups is 1. The number of unbranched alkanes of at least 4 members (excludes halogenated alkanes) is 1. The van der Waals surface area contributed by atoms with E-state index < -0.39 is 26.5 Å². The molecular formula is C33H54O7Si. The van der Waals surface area contributed by atoms with E-state index in [-0.39, 0.29) is 29.3 Å². The molecule has 1 aromatic carbocycles. The predicted molar refractivity (Wildman–Crippen MR) is 165 cm³/mol. The van der Waals surface area contributed by atoms with Gasteiger partial charge in [0.1, 0.15) is 11.9 Å². The van der Waals surface area contributed by atoms with Gasteiger partial charge in [-0.2, -0.15) is 0 Å². The highest BCUT2D eigenvalue weighted by atomic mass is 28.4. The molecule has 1 aliphatic heterocycles. The van der Waals surface area contributed by atoms with Crippen LogP contribution in [-0.2, 0) is 18.7 Å². The molecule has 1 saturated heterocycles. The molecule has 8 heteroatoms. The fourth-order valence-corrected chi connectivity index (χ4v) is 6.91. The molecular weight excluding hydrogens is 536 g/mol. The number of benzene rings is 1. The summed E-state index contributed by atoms with van der Waals surface area (Å²) < 4.78 is 24.4. The lowest BCUT2D eigenvalue weighted by Crippen LogP contribution is -2.46. The SMILES string of the molecule is CC(C)(C)[Si](C)(C)OC(CCC=CC[C@H]1[C@@H](O)CC(OC2CCCCO2)[C@@H]1CCCCOc1ccccc1)C(=O)O. The Morgan fingerprint density at radius 2 is 1.88 bits per heavy atom. The van der Waals surface area contributed by atoms with Crippen LogP contribution in [0, 0.1) is 11.8 Å². The van der Waals surface area contributed by atoms with Gasteiger partial charge in [-0.3, -0.25) is 0 Å². The second-order valence-electron chi connectivity index (χ2n) is 13.2. The number of rotatable bonds is 16. The minimum Gasteiger partial charge on any atom is -0.494 e. The zero-order valence-corrected chi connectivity index (χ0v) is 26.9. The van der Waals surface area contributed by atoms with E-state index >= 15 is 0 Å². The lowest BCUT2D eigenvalue weighted by molar-refractivity contribution is -0.196. The van der Waals surface area contributed by atoms with Gasteiger partial charge in [0.25, 0.3) is 0 Å². The average molecular weight is 591 g/mol. The minimum atomic E-state index is -2.17. The number of allylic oxidation sites excluding steroid dienone is 2. The molecule has 7 nitrogen and oxygen atoms in total. The van der Waals surface area contributed by atoms with Crippen molar-refractivity contribution in [3.63, 3.8) is 0 Å². The van der Waals surface area contributed by atoms with Crippen molar-refractivity contribution >= 4 is 14.3 Å². The topological polar surface area (TPSA) is 94.5 Å². The van der Waals surface area contributed by atoms with Crippen LogP contribution < -0.4 is 4.74 Å². The molecule has 1 aliphatic carbocycles. The normalized spacial score (nSPS) is 26.3. The van der Waals surface area contributed by atoms with Crippen molar-refractivity contribution in [2.75, 3.05) is 13.2 Å². The van der Waals surface area contributed by atoms with Gasteiger partial charge in [0, 0.05) is 13.0 Å². The number of para-hydroxylation sites is 1. The largest absolute Gasteiger partial charge is 0.494 e. The summed E-state index contributed by atoms with van der Waals surface area (Å²) in [7, 11) is -2.17. The van der Waals surface area contributed by atoms with Crippen molar-refractivity contribution in [1.29, 1.82) is 0 Å². The Kier molecular flexibility index (Phi) is 13.4. The Hall–Kier alpha value is -1.71. The van der Waals surface area contributed by atoms with Crippen LogP contribution in [0.4, 0.5) is 0 Å². The molecule has 6 atom stereocenters. The van der Waals surface area contributed by atoms with E-state index in [0.717, 1.165) is 57.3 Å². The van der Waals surface area contributed by atoms with Gasteiger partial charge in [0.15, 0.2) is 14.6 Å². The molecule has 0 aromatic heterocycles. The molecule has 0 radical (unpaired) electrons. The summed E-state index contributed by atoms with van der Waals surface area (Å²) in [6, 6.07) is 9.89. The highest BCUT2D eigenvalue weighted by Crippen LogP contribution is 2.41. The highest BCUT2D eigenvalue weighted by molar-refractivity contribution is 6.74. The van der Waals surface area contributed by atoms with E-state index in [9.17, 15) is 15.0 Å². The Balaban J connectivity index is 1.53. The average Bonchev–Trinajstić information content (AvgIpc) is 3.21. The molecule has 232 valence electrons. The van der Waals surface area contributed by atoms with Gasteiger partial charge in [-0.1, -0.05) is 51.1 Å². The van der Waals surface area contributed by atoms with Gasteiger partial charge in [-0.25, -0.2) is 4.79 Å².